The highest BCUT2D eigenvalue weighted by atomic mass is 127. The van der Waals surface area contributed by atoms with Crippen LogP contribution >= 0.6 is 22.6 Å². The zero-order valence-electron chi connectivity index (χ0n) is 8.51. The topological polar surface area (TPSA) is 37.9 Å². The van der Waals surface area contributed by atoms with Gasteiger partial charge in [0.2, 0.25) is 0 Å². The van der Waals surface area contributed by atoms with E-state index in [0.29, 0.717) is 11.0 Å². The van der Waals surface area contributed by atoms with E-state index in [4.69, 9.17) is 0 Å². The highest BCUT2D eigenvalue weighted by Gasteiger charge is 2.31. The highest BCUT2D eigenvalue weighted by molar-refractivity contribution is 14.1. The number of hydrogen-bond acceptors (Lipinski definition) is 2. The Kier molecular flexibility index (Phi) is 3.45. The van der Waals surface area contributed by atoms with Crippen molar-refractivity contribution in [2.75, 3.05) is 4.43 Å². The van der Waals surface area contributed by atoms with Gasteiger partial charge in [-0.3, -0.25) is 0 Å². The van der Waals surface area contributed by atoms with Crippen LogP contribution in [-0.2, 0) is 6.42 Å². The van der Waals surface area contributed by atoms with Gasteiger partial charge in [0.25, 0.3) is 0 Å². The molecule has 0 saturated carbocycles. The molecule has 0 saturated heterocycles. The number of aromatic nitrogens is 2. The first kappa shape index (κ1) is 12.5. The number of H-pyrrole nitrogens is 1. The van der Waals surface area contributed by atoms with Gasteiger partial charge >= 0.3 is 6.36 Å². The minimum atomic E-state index is -4.67. The Bertz CT molecular complexity index is 524. The maximum atomic E-state index is 12.0. The fraction of sp³-hybridized carbons (Fsp3) is 0.300. The largest absolute Gasteiger partial charge is 0.573 e. The zero-order chi connectivity index (χ0) is 12.5. The predicted octanol–water partition coefficient (Wildman–Crippen LogP) is 3.44. The van der Waals surface area contributed by atoms with Crippen LogP contribution in [-0.4, -0.2) is 20.8 Å². The molecule has 2 aromatic rings. The number of aryl methyl sites for hydroxylation is 1. The molecule has 1 heterocycles. The van der Waals surface area contributed by atoms with Crippen LogP contribution in [0.15, 0.2) is 18.2 Å². The van der Waals surface area contributed by atoms with Gasteiger partial charge in [-0.25, -0.2) is 4.98 Å². The van der Waals surface area contributed by atoms with Crippen molar-refractivity contribution in [1.29, 1.82) is 0 Å². The van der Waals surface area contributed by atoms with E-state index >= 15 is 0 Å². The maximum Gasteiger partial charge on any atom is 0.573 e. The van der Waals surface area contributed by atoms with Crippen molar-refractivity contribution in [2.24, 2.45) is 0 Å². The van der Waals surface area contributed by atoms with Gasteiger partial charge in [0.15, 0.2) is 0 Å². The molecule has 0 fully saturated rings. The van der Waals surface area contributed by atoms with E-state index in [1.165, 1.54) is 18.2 Å². The normalized spacial score (nSPS) is 12.0. The van der Waals surface area contributed by atoms with Crippen molar-refractivity contribution < 1.29 is 17.9 Å². The maximum absolute atomic E-state index is 12.0. The SMILES string of the molecule is FC(F)(F)Oc1ccc2[nH]c(CCI)nc2c1. The number of alkyl halides is 4. The monoisotopic (exact) mass is 356 g/mol. The van der Waals surface area contributed by atoms with Crippen molar-refractivity contribution in [3.63, 3.8) is 0 Å². The third kappa shape index (κ3) is 3.24. The van der Waals surface area contributed by atoms with Crippen LogP contribution in [0, 0.1) is 0 Å². The molecule has 0 bridgehead atoms. The summed E-state index contributed by atoms with van der Waals surface area (Å²) >= 11 is 2.21. The second kappa shape index (κ2) is 4.71. The number of benzene rings is 1. The first-order chi connectivity index (χ1) is 7.98. The summed E-state index contributed by atoms with van der Waals surface area (Å²) in [6, 6.07) is 4.07. The number of halogens is 4. The molecule has 1 aromatic carbocycles. The Morgan fingerprint density at radius 3 is 2.76 bits per heavy atom. The summed E-state index contributed by atoms with van der Waals surface area (Å²) in [6.07, 6.45) is -3.92. The highest BCUT2D eigenvalue weighted by Crippen LogP contribution is 2.25. The van der Waals surface area contributed by atoms with Crippen molar-refractivity contribution in [2.45, 2.75) is 12.8 Å². The van der Waals surface area contributed by atoms with Crippen LogP contribution in [0.5, 0.6) is 5.75 Å². The Morgan fingerprint density at radius 2 is 2.12 bits per heavy atom. The molecule has 0 radical (unpaired) electrons. The fourth-order valence-corrected chi connectivity index (χ4v) is 1.95. The zero-order valence-corrected chi connectivity index (χ0v) is 10.7. The predicted molar refractivity (Wildman–Crippen MR) is 65.4 cm³/mol. The van der Waals surface area contributed by atoms with Gasteiger partial charge < -0.3 is 9.72 Å². The third-order valence-electron chi connectivity index (χ3n) is 2.07. The summed E-state index contributed by atoms with van der Waals surface area (Å²) < 4.78 is 40.8. The molecular weight excluding hydrogens is 348 g/mol. The number of hydrogen-bond donors (Lipinski definition) is 1. The Morgan fingerprint density at radius 1 is 1.35 bits per heavy atom. The van der Waals surface area contributed by atoms with Crippen LogP contribution in [0.3, 0.4) is 0 Å². The molecule has 1 aromatic heterocycles. The van der Waals surface area contributed by atoms with Gasteiger partial charge in [-0.2, -0.15) is 0 Å². The lowest BCUT2D eigenvalue weighted by molar-refractivity contribution is -0.274. The van der Waals surface area contributed by atoms with E-state index < -0.39 is 6.36 Å². The van der Waals surface area contributed by atoms with E-state index in [2.05, 4.69) is 37.3 Å². The standard InChI is InChI=1S/C10H8F3IN2O/c11-10(12,13)17-6-1-2-7-8(5-6)16-9(15-7)3-4-14/h1-2,5H,3-4H2,(H,15,16). The average molecular weight is 356 g/mol. The fourth-order valence-electron chi connectivity index (χ4n) is 1.44. The Hall–Kier alpha value is -0.990. The summed E-state index contributed by atoms with van der Waals surface area (Å²) in [6.45, 7) is 0. The van der Waals surface area contributed by atoms with Gasteiger partial charge in [0.1, 0.15) is 11.6 Å². The van der Waals surface area contributed by atoms with Crippen LogP contribution in [0.4, 0.5) is 13.2 Å². The van der Waals surface area contributed by atoms with Crippen LogP contribution in [0.25, 0.3) is 11.0 Å². The molecule has 92 valence electrons. The Balaban J connectivity index is 2.30. The van der Waals surface area contributed by atoms with Crippen molar-refractivity contribution in [3.8, 4) is 5.75 Å². The molecule has 7 heteroatoms. The van der Waals surface area contributed by atoms with Gasteiger partial charge in [0.05, 0.1) is 11.0 Å². The third-order valence-corrected chi connectivity index (χ3v) is 2.61. The van der Waals surface area contributed by atoms with E-state index in [0.717, 1.165) is 16.7 Å². The first-order valence-electron chi connectivity index (χ1n) is 4.78. The van der Waals surface area contributed by atoms with Crippen LogP contribution < -0.4 is 4.74 Å². The van der Waals surface area contributed by atoms with Gasteiger partial charge in [-0.15, -0.1) is 13.2 Å². The first-order valence-corrected chi connectivity index (χ1v) is 6.31. The number of rotatable bonds is 3. The molecule has 0 amide bonds. The van der Waals surface area contributed by atoms with Crippen molar-refractivity contribution in [1.82, 2.24) is 9.97 Å². The smallest absolute Gasteiger partial charge is 0.406 e. The molecule has 0 atom stereocenters. The molecule has 0 aliphatic rings. The number of imidazole rings is 1. The number of ether oxygens (including phenoxy) is 1. The lowest BCUT2D eigenvalue weighted by Gasteiger charge is -2.07. The number of aromatic amines is 1. The number of fused-ring (bicyclic) bond motifs is 1. The molecule has 2 rings (SSSR count). The molecule has 0 unspecified atom stereocenters. The lowest BCUT2D eigenvalue weighted by atomic mass is 10.3. The molecule has 17 heavy (non-hydrogen) atoms. The summed E-state index contributed by atoms with van der Waals surface area (Å²) in [5.41, 5.74) is 1.19. The van der Waals surface area contributed by atoms with Crippen molar-refractivity contribution in [3.05, 3.63) is 24.0 Å². The average Bonchev–Trinajstić information content (AvgIpc) is 2.57. The van der Waals surface area contributed by atoms with E-state index in [9.17, 15) is 13.2 Å². The van der Waals surface area contributed by atoms with E-state index in [-0.39, 0.29) is 5.75 Å². The quantitative estimate of drug-likeness (QED) is 0.676. The summed E-state index contributed by atoms with van der Waals surface area (Å²) in [5.74, 6) is 0.510. The van der Waals surface area contributed by atoms with Gasteiger partial charge in [-0.1, -0.05) is 22.6 Å². The van der Waals surface area contributed by atoms with E-state index in [1.54, 1.807) is 0 Å². The summed E-state index contributed by atoms with van der Waals surface area (Å²) in [5, 5.41) is 0. The molecule has 0 aliphatic carbocycles. The molecular formula is C10H8F3IN2O. The summed E-state index contributed by atoms with van der Waals surface area (Å²) in [7, 11) is 0. The Labute approximate surface area is 109 Å². The number of nitrogens with zero attached hydrogens (tertiary/aromatic N) is 1. The van der Waals surface area contributed by atoms with E-state index in [1.807, 2.05) is 0 Å². The molecule has 1 N–H and O–H groups in total. The minimum absolute atomic E-state index is 0.252. The second-order valence-electron chi connectivity index (χ2n) is 3.35. The lowest BCUT2D eigenvalue weighted by Crippen LogP contribution is -2.16. The van der Waals surface area contributed by atoms with Crippen LogP contribution in [0.2, 0.25) is 0 Å². The van der Waals surface area contributed by atoms with Crippen molar-refractivity contribution >= 4 is 33.6 Å². The number of nitrogens with one attached hydrogen (secondary N) is 1. The van der Waals surface area contributed by atoms with Crippen LogP contribution in [0.1, 0.15) is 5.82 Å². The molecule has 0 spiro atoms. The second-order valence-corrected chi connectivity index (χ2v) is 4.43. The summed E-state index contributed by atoms with van der Waals surface area (Å²) in [4.78, 5) is 7.22. The minimum Gasteiger partial charge on any atom is -0.406 e. The van der Waals surface area contributed by atoms with Gasteiger partial charge in [-0.05, 0) is 12.1 Å². The molecule has 0 aliphatic heterocycles. The molecule has 3 nitrogen and oxygen atoms in total. The van der Waals surface area contributed by atoms with Gasteiger partial charge in [0, 0.05) is 16.9 Å².